The van der Waals surface area contributed by atoms with Crippen LogP contribution in [0.5, 0.6) is 0 Å². The molecule has 0 bridgehead atoms. The highest BCUT2D eigenvalue weighted by Gasteiger charge is 2.27. The van der Waals surface area contributed by atoms with Crippen molar-refractivity contribution in [3.05, 3.63) is 29.6 Å². The maximum absolute atomic E-state index is 4.95. The van der Waals surface area contributed by atoms with Crippen LogP contribution in [-0.2, 0) is 12.8 Å². The monoisotopic (exact) mass is 359 g/mol. The molecule has 0 radical (unpaired) electrons. The molecule has 1 fully saturated rings. The molecule has 1 aromatic rings. The van der Waals surface area contributed by atoms with Crippen LogP contribution in [0.25, 0.3) is 0 Å². The van der Waals surface area contributed by atoms with Gasteiger partial charge in [0, 0.05) is 11.4 Å². The van der Waals surface area contributed by atoms with Crippen LogP contribution in [0.1, 0.15) is 105 Å². The summed E-state index contributed by atoms with van der Waals surface area (Å²) in [5.41, 5.74) is 3.12. The first-order valence-electron chi connectivity index (χ1n) is 11.4. The van der Waals surface area contributed by atoms with E-state index in [1.165, 1.54) is 62.8 Å². The Balaban J connectivity index is 0.00000163. The first kappa shape index (κ1) is 23.2. The number of hydrogen-bond acceptors (Lipinski definition) is 1. The molecule has 26 heavy (non-hydrogen) atoms. The van der Waals surface area contributed by atoms with E-state index in [0.29, 0.717) is 5.41 Å². The van der Waals surface area contributed by atoms with Crippen molar-refractivity contribution in [1.29, 1.82) is 0 Å². The molecule has 1 unspecified atom stereocenters. The van der Waals surface area contributed by atoms with Crippen LogP contribution in [-0.4, -0.2) is 4.98 Å². The molecule has 0 aliphatic heterocycles. The maximum Gasteiger partial charge on any atom is 0.0409 e. The number of rotatable bonds is 10. The molecule has 0 saturated heterocycles. The molecule has 1 nitrogen and oxygen atoms in total. The molecule has 1 heterocycles. The minimum absolute atomic E-state index is 0.490. The molecule has 0 amide bonds. The molecule has 1 saturated carbocycles. The van der Waals surface area contributed by atoms with E-state index in [2.05, 4.69) is 52.8 Å². The summed E-state index contributed by atoms with van der Waals surface area (Å²) in [7, 11) is 0. The number of aromatic nitrogens is 1. The van der Waals surface area contributed by atoms with Crippen LogP contribution in [0.4, 0.5) is 0 Å². The standard InChI is InChI=1S/C23H39N.C2H6/c1-6-13-23(4,5)17-18(3)11-12-21-9-8-10-22(24-21)16-20-14-19(7-2)15-20;1-2/h8-10,18-20H,6-7,11-17H2,1-5H3;1-2H3. The Bertz CT molecular complexity index is 485. The van der Waals surface area contributed by atoms with E-state index in [1.807, 2.05) is 13.8 Å². The Morgan fingerprint density at radius 1 is 1.08 bits per heavy atom. The summed E-state index contributed by atoms with van der Waals surface area (Å²) in [5, 5.41) is 0. The predicted molar refractivity (Wildman–Crippen MR) is 117 cm³/mol. The molecule has 1 aliphatic carbocycles. The van der Waals surface area contributed by atoms with Gasteiger partial charge in [-0.15, -0.1) is 0 Å². The topological polar surface area (TPSA) is 12.9 Å². The average Bonchev–Trinajstić information content (AvgIpc) is 2.57. The summed E-state index contributed by atoms with van der Waals surface area (Å²) in [6.45, 7) is 15.9. The van der Waals surface area contributed by atoms with Gasteiger partial charge in [-0.1, -0.05) is 67.4 Å². The normalized spacial score (nSPS) is 20.7. The molecule has 2 rings (SSSR count). The summed E-state index contributed by atoms with van der Waals surface area (Å²) in [4.78, 5) is 4.95. The largest absolute Gasteiger partial charge is 0.258 e. The van der Waals surface area contributed by atoms with Crippen LogP contribution in [0.15, 0.2) is 18.2 Å². The maximum atomic E-state index is 4.95. The van der Waals surface area contributed by atoms with Crippen LogP contribution in [0, 0.1) is 23.2 Å². The van der Waals surface area contributed by atoms with Crippen molar-refractivity contribution in [3.8, 4) is 0 Å². The number of hydrogen-bond donors (Lipinski definition) is 0. The van der Waals surface area contributed by atoms with E-state index in [9.17, 15) is 0 Å². The number of aryl methyl sites for hydroxylation is 1. The van der Waals surface area contributed by atoms with Gasteiger partial charge in [0.2, 0.25) is 0 Å². The third kappa shape index (κ3) is 8.23. The Morgan fingerprint density at radius 3 is 2.35 bits per heavy atom. The Hall–Kier alpha value is -0.850. The van der Waals surface area contributed by atoms with E-state index >= 15 is 0 Å². The van der Waals surface area contributed by atoms with Crippen molar-refractivity contribution in [1.82, 2.24) is 4.98 Å². The highest BCUT2D eigenvalue weighted by molar-refractivity contribution is 5.12. The molecule has 0 N–H and O–H groups in total. The fourth-order valence-corrected chi connectivity index (χ4v) is 4.67. The van der Waals surface area contributed by atoms with Gasteiger partial charge in [0.1, 0.15) is 0 Å². The number of pyridine rings is 1. The van der Waals surface area contributed by atoms with Crippen molar-refractivity contribution >= 4 is 0 Å². The van der Waals surface area contributed by atoms with Gasteiger partial charge in [0.25, 0.3) is 0 Å². The van der Waals surface area contributed by atoms with Crippen molar-refractivity contribution < 1.29 is 0 Å². The number of nitrogens with zero attached hydrogens (tertiary/aromatic N) is 1. The summed E-state index contributed by atoms with van der Waals surface area (Å²) >= 11 is 0. The van der Waals surface area contributed by atoms with Gasteiger partial charge in [-0.25, -0.2) is 0 Å². The van der Waals surface area contributed by atoms with Gasteiger partial charge in [-0.2, -0.15) is 0 Å². The average molecular weight is 360 g/mol. The molecule has 0 spiro atoms. The van der Waals surface area contributed by atoms with E-state index in [1.54, 1.807) is 0 Å². The van der Waals surface area contributed by atoms with E-state index < -0.39 is 0 Å². The van der Waals surface area contributed by atoms with Gasteiger partial charge in [-0.3, -0.25) is 4.98 Å². The lowest BCUT2D eigenvalue weighted by Gasteiger charge is -2.34. The lowest BCUT2D eigenvalue weighted by atomic mass is 9.71. The predicted octanol–water partition coefficient (Wildman–Crippen LogP) is 7.87. The molecule has 1 atom stereocenters. The summed E-state index contributed by atoms with van der Waals surface area (Å²) in [5.74, 6) is 2.67. The van der Waals surface area contributed by atoms with Crippen LogP contribution in [0.2, 0.25) is 0 Å². The third-order valence-corrected chi connectivity index (χ3v) is 5.99. The zero-order valence-electron chi connectivity index (χ0n) is 18.8. The first-order valence-corrected chi connectivity index (χ1v) is 11.4. The second-order valence-corrected chi connectivity index (χ2v) is 9.20. The fraction of sp³-hybridized carbons (Fsp3) is 0.800. The lowest BCUT2D eigenvalue weighted by molar-refractivity contribution is 0.186. The van der Waals surface area contributed by atoms with Gasteiger partial charge in [-0.05, 0) is 80.2 Å². The third-order valence-electron chi connectivity index (χ3n) is 5.99. The SMILES string of the molecule is CC.CCCC(C)(C)CC(C)CCc1cccc(CC2CC(CC)C2)n1. The highest BCUT2D eigenvalue weighted by Crippen LogP contribution is 2.37. The van der Waals surface area contributed by atoms with E-state index in [0.717, 1.165) is 24.2 Å². The minimum atomic E-state index is 0.490. The van der Waals surface area contributed by atoms with E-state index in [-0.39, 0.29) is 0 Å². The molecular formula is C25H45N. The van der Waals surface area contributed by atoms with Crippen molar-refractivity contribution in [2.45, 2.75) is 106 Å². The van der Waals surface area contributed by atoms with Crippen LogP contribution in [0.3, 0.4) is 0 Å². The van der Waals surface area contributed by atoms with Gasteiger partial charge >= 0.3 is 0 Å². The highest BCUT2D eigenvalue weighted by atomic mass is 14.7. The van der Waals surface area contributed by atoms with Crippen molar-refractivity contribution in [2.75, 3.05) is 0 Å². The Morgan fingerprint density at radius 2 is 1.73 bits per heavy atom. The Labute approximate surface area is 164 Å². The second-order valence-electron chi connectivity index (χ2n) is 9.20. The van der Waals surface area contributed by atoms with Gasteiger partial charge < -0.3 is 0 Å². The second kappa shape index (κ2) is 11.8. The molecule has 1 aromatic heterocycles. The molecule has 1 aliphatic rings. The molecular weight excluding hydrogens is 314 g/mol. The van der Waals surface area contributed by atoms with Crippen LogP contribution < -0.4 is 0 Å². The van der Waals surface area contributed by atoms with Gasteiger partial charge in [0.05, 0.1) is 0 Å². The zero-order chi connectivity index (χ0) is 19.6. The Kier molecular flexibility index (Phi) is 10.5. The lowest BCUT2D eigenvalue weighted by Crippen LogP contribution is -2.25. The summed E-state index contributed by atoms with van der Waals surface area (Å²) in [6, 6.07) is 6.68. The summed E-state index contributed by atoms with van der Waals surface area (Å²) < 4.78 is 0. The smallest absolute Gasteiger partial charge is 0.0409 e. The fourth-order valence-electron chi connectivity index (χ4n) is 4.67. The van der Waals surface area contributed by atoms with Gasteiger partial charge in [0.15, 0.2) is 0 Å². The summed E-state index contributed by atoms with van der Waals surface area (Å²) in [6.07, 6.45) is 11.8. The molecule has 0 aromatic carbocycles. The minimum Gasteiger partial charge on any atom is -0.258 e. The first-order chi connectivity index (χ1) is 12.4. The van der Waals surface area contributed by atoms with Crippen molar-refractivity contribution in [3.63, 3.8) is 0 Å². The zero-order valence-corrected chi connectivity index (χ0v) is 18.8. The molecule has 150 valence electrons. The van der Waals surface area contributed by atoms with E-state index in [4.69, 9.17) is 4.98 Å². The van der Waals surface area contributed by atoms with Crippen molar-refractivity contribution in [2.24, 2.45) is 23.2 Å². The van der Waals surface area contributed by atoms with Crippen LogP contribution >= 0.6 is 0 Å². The quantitative estimate of drug-likeness (QED) is 0.414. The molecule has 1 heteroatoms.